The van der Waals surface area contributed by atoms with Crippen LogP contribution in [0, 0.1) is 5.92 Å². The van der Waals surface area contributed by atoms with E-state index in [-0.39, 0.29) is 5.97 Å². The van der Waals surface area contributed by atoms with Gasteiger partial charge in [-0.25, -0.2) is 4.79 Å². The number of hydrogen-bond donors (Lipinski definition) is 1. The number of fused-ring (bicyclic) bond motifs is 1. The first-order chi connectivity index (χ1) is 13.1. The zero-order chi connectivity index (χ0) is 18.8. The molecule has 2 aliphatic rings. The molecule has 2 aromatic rings. The minimum atomic E-state index is -0.216. The number of rotatable bonds is 4. The Labute approximate surface area is 177 Å². The summed E-state index contributed by atoms with van der Waals surface area (Å²) < 4.78 is 6.71. The van der Waals surface area contributed by atoms with Gasteiger partial charge in [0, 0.05) is 21.6 Å². The van der Waals surface area contributed by atoms with Gasteiger partial charge < -0.3 is 9.72 Å². The summed E-state index contributed by atoms with van der Waals surface area (Å²) in [5, 5.41) is 1.23. The average molecular weight is 497 g/mol. The number of carbonyl (C=O) groups is 1. The Kier molecular flexibility index (Phi) is 6.28. The summed E-state index contributed by atoms with van der Waals surface area (Å²) >= 11 is 7.46. The minimum absolute atomic E-state index is 0.216. The summed E-state index contributed by atoms with van der Waals surface area (Å²) in [6, 6.07) is 5.95. The molecule has 1 aromatic heterocycles. The third-order valence-electron chi connectivity index (χ3n) is 6.28. The van der Waals surface area contributed by atoms with Crippen LogP contribution in [-0.2, 0) is 4.74 Å². The van der Waals surface area contributed by atoms with Crippen molar-refractivity contribution >= 4 is 48.7 Å². The zero-order valence-electron chi connectivity index (χ0n) is 15.6. The van der Waals surface area contributed by atoms with Crippen molar-refractivity contribution in [3.05, 3.63) is 33.9 Å². The topological polar surface area (TPSA) is 42.1 Å². The fraction of sp³-hybridized carbons (Fsp3) is 0.591. The molecule has 2 atom stereocenters. The van der Waals surface area contributed by atoms with E-state index in [2.05, 4.69) is 42.9 Å². The van der Waals surface area contributed by atoms with Gasteiger partial charge >= 0.3 is 5.97 Å². The van der Waals surface area contributed by atoms with Crippen LogP contribution in [0.4, 0.5) is 0 Å². The number of aromatic nitrogens is 1. The van der Waals surface area contributed by atoms with E-state index >= 15 is 0 Å². The van der Waals surface area contributed by atoms with Gasteiger partial charge in [0.2, 0.25) is 0 Å². The normalized spacial score (nSPS) is 24.2. The van der Waals surface area contributed by atoms with Crippen molar-refractivity contribution in [1.82, 2.24) is 4.98 Å². The molecule has 4 rings (SSSR count). The van der Waals surface area contributed by atoms with Crippen LogP contribution in [0.1, 0.15) is 79.6 Å². The lowest BCUT2D eigenvalue weighted by molar-refractivity contribution is 0.0418. The Morgan fingerprint density at radius 2 is 1.81 bits per heavy atom. The third kappa shape index (κ3) is 4.29. The van der Waals surface area contributed by atoms with E-state index in [4.69, 9.17) is 4.74 Å². The van der Waals surface area contributed by atoms with Crippen LogP contribution in [0.3, 0.4) is 0 Å². The van der Waals surface area contributed by atoms with Crippen LogP contribution < -0.4 is 0 Å². The van der Waals surface area contributed by atoms with Gasteiger partial charge in [0.15, 0.2) is 0 Å². The number of esters is 1. The first-order valence-electron chi connectivity index (χ1n) is 10.3. The van der Waals surface area contributed by atoms with Gasteiger partial charge in [0.1, 0.15) is 0 Å². The molecule has 0 spiro atoms. The minimum Gasteiger partial charge on any atom is -0.462 e. The Balaban J connectivity index is 1.49. The number of halogens is 2. The van der Waals surface area contributed by atoms with Crippen molar-refractivity contribution in [2.24, 2.45) is 5.92 Å². The largest absolute Gasteiger partial charge is 0.462 e. The smallest absolute Gasteiger partial charge is 0.338 e. The number of carbonyl (C=O) groups excluding carboxylic acids is 1. The number of aromatic amines is 1. The van der Waals surface area contributed by atoms with E-state index in [0.29, 0.717) is 28.8 Å². The number of benzene rings is 1. The van der Waals surface area contributed by atoms with Crippen molar-refractivity contribution in [1.29, 1.82) is 0 Å². The molecule has 5 heteroatoms. The second-order valence-electron chi connectivity index (χ2n) is 8.11. The van der Waals surface area contributed by atoms with Crippen LogP contribution >= 0.6 is 31.9 Å². The Hall–Kier alpha value is -0.810. The summed E-state index contributed by atoms with van der Waals surface area (Å²) in [6.07, 6.45) is 11.3. The molecule has 0 amide bonds. The molecule has 2 saturated carbocycles. The summed E-state index contributed by atoms with van der Waals surface area (Å²) in [7, 11) is 0. The molecule has 1 heterocycles. The lowest BCUT2D eigenvalue weighted by Gasteiger charge is -2.26. The van der Waals surface area contributed by atoms with Crippen molar-refractivity contribution in [3.8, 4) is 0 Å². The van der Waals surface area contributed by atoms with Gasteiger partial charge in [0.05, 0.1) is 16.8 Å². The summed E-state index contributed by atoms with van der Waals surface area (Å²) in [4.78, 5) is 16.5. The van der Waals surface area contributed by atoms with Gasteiger partial charge in [-0.3, -0.25) is 0 Å². The van der Waals surface area contributed by atoms with E-state index < -0.39 is 0 Å². The van der Waals surface area contributed by atoms with Crippen molar-refractivity contribution < 1.29 is 9.53 Å². The highest BCUT2D eigenvalue weighted by Gasteiger charge is 2.25. The molecule has 2 unspecified atom stereocenters. The molecule has 1 N–H and O–H groups in total. The van der Waals surface area contributed by atoms with Crippen molar-refractivity contribution in [3.63, 3.8) is 0 Å². The van der Waals surface area contributed by atoms with E-state index in [1.54, 1.807) is 0 Å². The Morgan fingerprint density at radius 1 is 1.07 bits per heavy atom. The van der Waals surface area contributed by atoms with Gasteiger partial charge in [-0.2, -0.15) is 0 Å². The Bertz CT molecular complexity index is 810. The highest BCUT2D eigenvalue weighted by molar-refractivity contribution is 9.10. The monoisotopic (exact) mass is 495 g/mol. The average Bonchev–Trinajstić information content (AvgIpc) is 3.02. The van der Waals surface area contributed by atoms with Crippen LogP contribution in [0.25, 0.3) is 10.9 Å². The lowest BCUT2D eigenvalue weighted by atomic mass is 9.84. The standard InChI is InChI=1S/C22H27Br2NO2/c23-18-9-5-4-8-16(18)13-27-22(26)15-10-11-17-19(12-15)25-21(24)20(17)14-6-2-1-3-7-14/h10-12,14,16,18,25H,1-9,13H2. The molecule has 2 aliphatic carbocycles. The predicted octanol–water partition coefficient (Wildman–Crippen LogP) is 7.09. The molecule has 3 nitrogen and oxygen atoms in total. The van der Waals surface area contributed by atoms with Crippen LogP contribution in [0.5, 0.6) is 0 Å². The molecule has 2 fully saturated rings. The number of nitrogens with one attached hydrogen (secondary N) is 1. The van der Waals surface area contributed by atoms with Crippen molar-refractivity contribution in [2.75, 3.05) is 6.61 Å². The highest BCUT2D eigenvalue weighted by atomic mass is 79.9. The maximum absolute atomic E-state index is 12.6. The van der Waals surface area contributed by atoms with E-state index in [1.165, 1.54) is 62.3 Å². The predicted molar refractivity (Wildman–Crippen MR) is 117 cm³/mol. The van der Waals surface area contributed by atoms with Gasteiger partial charge in [-0.05, 0) is 65.2 Å². The maximum atomic E-state index is 12.6. The van der Waals surface area contributed by atoms with Gasteiger partial charge in [-0.1, -0.05) is 54.1 Å². The van der Waals surface area contributed by atoms with E-state index in [9.17, 15) is 4.79 Å². The molecule has 0 radical (unpaired) electrons. The fourth-order valence-electron chi connectivity index (χ4n) is 4.72. The Morgan fingerprint density at radius 3 is 2.59 bits per heavy atom. The molecular formula is C22H27Br2NO2. The SMILES string of the molecule is O=C(OCC1CCCCC1Br)c1ccc2c(C3CCCCC3)c(Br)[nH]c2c1. The zero-order valence-corrected chi connectivity index (χ0v) is 18.8. The van der Waals surface area contributed by atoms with Crippen LogP contribution in [0.2, 0.25) is 0 Å². The summed E-state index contributed by atoms with van der Waals surface area (Å²) in [6.45, 7) is 0.508. The molecule has 0 bridgehead atoms. The summed E-state index contributed by atoms with van der Waals surface area (Å²) in [5.41, 5.74) is 3.04. The lowest BCUT2D eigenvalue weighted by Crippen LogP contribution is -2.25. The number of hydrogen-bond acceptors (Lipinski definition) is 2. The van der Waals surface area contributed by atoms with E-state index in [1.807, 2.05) is 12.1 Å². The maximum Gasteiger partial charge on any atom is 0.338 e. The van der Waals surface area contributed by atoms with Crippen LogP contribution in [0.15, 0.2) is 22.8 Å². The van der Waals surface area contributed by atoms with E-state index in [0.717, 1.165) is 16.5 Å². The second kappa shape index (κ2) is 8.69. The van der Waals surface area contributed by atoms with Crippen molar-refractivity contribution in [2.45, 2.75) is 68.5 Å². The fourth-order valence-corrected chi connectivity index (χ4v) is 6.21. The summed E-state index contributed by atoms with van der Waals surface area (Å²) in [5.74, 6) is 0.831. The molecule has 0 saturated heterocycles. The first kappa shape index (κ1) is 19.5. The van der Waals surface area contributed by atoms with Gasteiger partial charge in [0.25, 0.3) is 0 Å². The number of H-pyrrole nitrogens is 1. The highest BCUT2D eigenvalue weighted by Crippen LogP contribution is 2.40. The van der Waals surface area contributed by atoms with Crippen LogP contribution in [-0.4, -0.2) is 22.4 Å². The third-order valence-corrected chi connectivity index (χ3v) is 8.12. The van der Waals surface area contributed by atoms with Gasteiger partial charge in [-0.15, -0.1) is 0 Å². The molecule has 0 aliphatic heterocycles. The second-order valence-corrected chi connectivity index (χ2v) is 10.1. The first-order valence-corrected chi connectivity index (χ1v) is 12.0. The molecule has 146 valence electrons. The molecule has 27 heavy (non-hydrogen) atoms. The quantitative estimate of drug-likeness (QED) is 0.362. The number of ether oxygens (including phenoxy) is 1. The molecular weight excluding hydrogens is 470 g/mol. The molecule has 1 aromatic carbocycles. The number of alkyl halides is 1.